The highest BCUT2D eigenvalue weighted by Gasteiger charge is 2.15. The molecule has 0 N–H and O–H groups in total. The lowest BCUT2D eigenvalue weighted by atomic mass is 10.1. The molecule has 0 saturated carbocycles. The van der Waals surface area contributed by atoms with Crippen LogP contribution in [0.15, 0.2) is 70.1 Å². The first-order valence-electron chi connectivity index (χ1n) is 11.2. The number of nitrogens with zero attached hydrogens (tertiary/aromatic N) is 4. The summed E-state index contributed by atoms with van der Waals surface area (Å²) in [5.74, 6) is 1.43. The predicted molar refractivity (Wildman–Crippen MR) is 138 cm³/mol. The highest BCUT2D eigenvalue weighted by Crippen LogP contribution is 2.32. The van der Waals surface area contributed by atoms with Gasteiger partial charge in [0.15, 0.2) is 5.82 Å². The summed E-state index contributed by atoms with van der Waals surface area (Å²) in [4.78, 5) is 15.4. The molecule has 0 aliphatic rings. The number of aromatic nitrogens is 4. The molecule has 2 atom stereocenters. The van der Waals surface area contributed by atoms with E-state index < -0.39 is 10.8 Å². The number of hydrogen-bond donors (Lipinski definition) is 0. The lowest BCUT2D eigenvalue weighted by Crippen LogP contribution is -2.02. The second-order valence-electron chi connectivity index (χ2n) is 8.47. The number of hydrogen-bond acceptors (Lipinski definition) is 8. The molecule has 0 aliphatic carbocycles. The minimum absolute atomic E-state index is 0.194. The lowest BCUT2D eigenvalue weighted by molar-refractivity contribution is 0.226. The maximum atomic E-state index is 11.6. The molecule has 0 spiro atoms. The second-order valence-corrected chi connectivity index (χ2v) is 10.8. The third-order valence-corrected chi connectivity index (χ3v) is 7.37. The molecule has 35 heavy (non-hydrogen) atoms. The summed E-state index contributed by atoms with van der Waals surface area (Å²) in [6, 6.07) is 19.4. The zero-order valence-corrected chi connectivity index (χ0v) is 21.4. The molecule has 5 aromatic rings. The Bertz CT molecular complexity index is 1490. The third-order valence-electron chi connectivity index (χ3n) is 5.58. The molecule has 2 unspecified atom stereocenters. The summed E-state index contributed by atoms with van der Waals surface area (Å²) < 4.78 is 23.1. The standard InChI is InChI=1S/C26H24N4O3S2/c1-15(2)23-29-24(33-30-23)19-7-5-17(6-8-19)16(3)32-26-28-22-14-13-21(27-25(22)34-26)18-9-11-20(12-10-18)35(4)31/h5-16H,1-4H3. The van der Waals surface area contributed by atoms with E-state index in [0.717, 1.165) is 37.6 Å². The number of fused-ring (bicyclic) bond motifs is 1. The second kappa shape index (κ2) is 9.67. The molecule has 0 amide bonds. The minimum atomic E-state index is -1.00. The van der Waals surface area contributed by atoms with Crippen LogP contribution in [0.3, 0.4) is 0 Å². The molecule has 0 fully saturated rings. The highest BCUT2D eigenvalue weighted by atomic mass is 32.2. The van der Waals surface area contributed by atoms with Crippen LogP contribution in [-0.4, -0.2) is 30.6 Å². The van der Waals surface area contributed by atoms with Gasteiger partial charge in [0.1, 0.15) is 16.5 Å². The van der Waals surface area contributed by atoms with Crippen LogP contribution in [0.25, 0.3) is 33.1 Å². The van der Waals surface area contributed by atoms with Crippen LogP contribution < -0.4 is 4.74 Å². The molecule has 7 nitrogen and oxygen atoms in total. The Kier molecular flexibility index (Phi) is 6.44. The van der Waals surface area contributed by atoms with Crippen molar-refractivity contribution in [1.29, 1.82) is 0 Å². The van der Waals surface area contributed by atoms with E-state index in [9.17, 15) is 4.21 Å². The molecule has 5 rings (SSSR count). The molecular formula is C26H24N4O3S2. The molecule has 3 aromatic heterocycles. The SMILES string of the molecule is CC(C)c1noc(-c2ccc(C(C)Oc3nc4ccc(-c5ccc(S(C)=O)cc5)nc4s3)cc2)n1. The van der Waals surface area contributed by atoms with Crippen molar-refractivity contribution in [3.63, 3.8) is 0 Å². The first-order chi connectivity index (χ1) is 16.9. The van der Waals surface area contributed by atoms with Gasteiger partial charge in [-0.1, -0.05) is 54.6 Å². The van der Waals surface area contributed by atoms with Gasteiger partial charge in [0, 0.05) is 39.0 Å². The van der Waals surface area contributed by atoms with Gasteiger partial charge in [0.2, 0.25) is 0 Å². The predicted octanol–water partition coefficient (Wildman–Crippen LogP) is 6.41. The van der Waals surface area contributed by atoms with Crippen molar-refractivity contribution in [2.24, 2.45) is 0 Å². The summed E-state index contributed by atoms with van der Waals surface area (Å²) in [5.41, 5.74) is 4.48. The van der Waals surface area contributed by atoms with Crippen LogP contribution in [0.4, 0.5) is 0 Å². The Labute approximate surface area is 209 Å². The van der Waals surface area contributed by atoms with E-state index in [1.165, 1.54) is 11.3 Å². The Morgan fingerprint density at radius 3 is 2.26 bits per heavy atom. The first-order valence-corrected chi connectivity index (χ1v) is 13.6. The number of pyridine rings is 1. The van der Waals surface area contributed by atoms with Crippen LogP contribution >= 0.6 is 11.3 Å². The van der Waals surface area contributed by atoms with Crippen molar-refractivity contribution in [2.75, 3.05) is 6.26 Å². The van der Waals surface area contributed by atoms with E-state index in [1.807, 2.05) is 81.4 Å². The van der Waals surface area contributed by atoms with Crippen LogP contribution in [0.2, 0.25) is 0 Å². The summed E-state index contributed by atoms with van der Waals surface area (Å²) in [5, 5.41) is 4.59. The van der Waals surface area contributed by atoms with Crippen LogP contribution in [0.1, 0.15) is 44.2 Å². The van der Waals surface area contributed by atoms with E-state index in [1.54, 1.807) is 6.26 Å². The molecule has 0 bridgehead atoms. The zero-order chi connectivity index (χ0) is 24.5. The molecule has 0 radical (unpaired) electrons. The van der Waals surface area contributed by atoms with Gasteiger partial charge in [0.05, 0.1) is 5.69 Å². The zero-order valence-electron chi connectivity index (χ0n) is 19.8. The third kappa shape index (κ3) is 5.01. The fourth-order valence-corrected chi connectivity index (χ4v) is 4.91. The molecule has 2 aromatic carbocycles. The van der Waals surface area contributed by atoms with Gasteiger partial charge in [-0.2, -0.15) is 4.98 Å². The molecule has 0 aliphatic heterocycles. The van der Waals surface area contributed by atoms with E-state index in [2.05, 4.69) is 15.1 Å². The monoisotopic (exact) mass is 504 g/mol. The van der Waals surface area contributed by atoms with Gasteiger partial charge in [-0.25, -0.2) is 9.97 Å². The van der Waals surface area contributed by atoms with Crippen molar-refractivity contribution in [3.05, 3.63) is 72.1 Å². The summed E-state index contributed by atoms with van der Waals surface area (Å²) >= 11 is 1.42. The number of benzene rings is 2. The normalized spacial score (nSPS) is 13.3. The first kappa shape index (κ1) is 23.3. The van der Waals surface area contributed by atoms with Crippen molar-refractivity contribution in [3.8, 4) is 27.9 Å². The van der Waals surface area contributed by atoms with Gasteiger partial charge in [-0.05, 0) is 48.9 Å². The Balaban J connectivity index is 1.31. The van der Waals surface area contributed by atoms with E-state index in [-0.39, 0.29) is 12.0 Å². The minimum Gasteiger partial charge on any atom is -0.462 e. The fourth-order valence-electron chi connectivity index (χ4n) is 3.53. The van der Waals surface area contributed by atoms with Gasteiger partial charge in [-0.15, -0.1) is 0 Å². The summed E-state index contributed by atoms with van der Waals surface area (Å²) in [6.45, 7) is 6.05. The van der Waals surface area contributed by atoms with Crippen LogP contribution in [-0.2, 0) is 10.8 Å². The fraction of sp³-hybridized carbons (Fsp3) is 0.231. The Morgan fingerprint density at radius 2 is 1.60 bits per heavy atom. The maximum absolute atomic E-state index is 11.6. The van der Waals surface area contributed by atoms with Gasteiger partial charge in [-0.3, -0.25) is 4.21 Å². The summed E-state index contributed by atoms with van der Waals surface area (Å²) in [6.07, 6.45) is 1.48. The summed E-state index contributed by atoms with van der Waals surface area (Å²) in [7, 11) is -1.00. The van der Waals surface area contributed by atoms with Crippen molar-refractivity contribution < 1.29 is 13.5 Å². The van der Waals surface area contributed by atoms with Crippen LogP contribution in [0.5, 0.6) is 5.19 Å². The molecular weight excluding hydrogens is 480 g/mol. The van der Waals surface area contributed by atoms with Crippen molar-refractivity contribution in [1.82, 2.24) is 20.1 Å². The van der Waals surface area contributed by atoms with E-state index >= 15 is 0 Å². The Morgan fingerprint density at radius 1 is 0.886 bits per heavy atom. The highest BCUT2D eigenvalue weighted by molar-refractivity contribution is 7.84. The van der Waals surface area contributed by atoms with Gasteiger partial charge in [0.25, 0.3) is 11.1 Å². The molecule has 9 heteroatoms. The lowest BCUT2D eigenvalue weighted by Gasteiger charge is -2.12. The molecule has 0 saturated heterocycles. The van der Waals surface area contributed by atoms with Gasteiger partial charge < -0.3 is 9.26 Å². The largest absolute Gasteiger partial charge is 0.462 e. The van der Waals surface area contributed by atoms with E-state index in [0.29, 0.717) is 16.9 Å². The van der Waals surface area contributed by atoms with Crippen LogP contribution in [0, 0.1) is 0 Å². The average Bonchev–Trinajstić information content (AvgIpc) is 3.51. The average molecular weight is 505 g/mol. The number of thiazole rings is 1. The van der Waals surface area contributed by atoms with E-state index in [4.69, 9.17) is 14.2 Å². The molecule has 178 valence electrons. The quantitative estimate of drug-likeness (QED) is 0.253. The number of ether oxygens (including phenoxy) is 1. The topological polar surface area (TPSA) is 91.0 Å². The Hall–Kier alpha value is -3.43. The van der Waals surface area contributed by atoms with Crippen molar-refractivity contribution >= 4 is 32.5 Å². The van der Waals surface area contributed by atoms with Gasteiger partial charge >= 0.3 is 0 Å². The van der Waals surface area contributed by atoms with Crippen molar-refractivity contribution in [2.45, 2.75) is 37.7 Å². The maximum Gasteiger partial charge on any atom is 0.276 e. The smallest absolute Gasteiger partial charge is 0.276 e. The molecule has 3 heterocycles. The number of rotatable bonds is 7.